The second-order valence-corrected chi connectivity index (χ2v) is 5.47. The summed E-state index contributed by atoms with van der Waals surface area (Å²) < 4.78 is 5.65. The molecule has 1 heterocycles. The molecule has 20 heavy (non-hydrogen) atoms. The van der Waals surface area contributed by atoms with Crippen LogP contribution in [0.5, 0.6) is 5.75 Å². The van der Waals surface area contributed by atoms with Gasteiger partial charge in [-0.2, -0.15) is 0 Å². The molecule has 0 fully saturated rings. The van der Waals surface area contributed by atoms with E-state index in [0.717, 1.165) is 23.5 Å². The molecule has 1 aliphatic rings. The van der Waals surface area contributed by atoms with Crippen molar-refractivity contribution in [2.24, 2.45) is 11.7 Å². The fourth-order valence-electron chi connectivity index (χ4n) is 2.16. The largest absolute Gasteiger partial charge is 0.490 e. The number of carbonyl (C=O) groups is 1. The van der Waals surface area contributed by atoms with Crippen LogP contribution in [0, 0.1) is 5.92 Å². The molecule has 0 saturated carbocycles. The number of amides is 1. The van der Waals surface area contributed by atoms with Gasteiger partial charge in [0.1, 0.15) is 12.4 Å². The Balaban J connectivity index is 2.03. The van der Waals surface area contributed by atoms with Crippen molar-refractivity contribution in [1.29, 1.82) is 0 Å². The van der Waals surface area contributed by atoms with Gasteiger partial charge < -0.3 is 20.7 Å². The summed E-state index contributed by atoms with van der Waals surface area (Å²) in [4.78, 5) is 14.0. The normalized spacial score (nSPS) is 13.9. The molecular weight excluding hydrogens is 254 g/mol. The number of hydrogen-bond acceptors (Lipinski definition) is 4. The van der Waals surface area contributed by atoms with Gasteiger partial charge in [-0.15, -0.1) is 0 Å². The number of nitrogens with two attached hydrogens (primary N) is 1. The predicted molar refractivity (Wildman–Crippen MR) is 79.9 cm³/mol. The number of nitrogens with one attached hydrogen (secondary N) is 1. The van der Waals surface area contributed by atoms with Crippen LogP contribution in [0.25, 0.3) is 0 Å². The molecule has 0 aromatic heterocycles. The van der Waals surface area contributed by atoms with Crippen LogP contribution >= 0.6 is 0 Å². The maximum atomic E-state index is 11.9. The van der Waals surface area contributed by atoms with Gasteiger partial charge in [0.15, 0.2) is 0 Å². The summed E-state index contributed by atoms with van der Waals surface area (Å²) in [6.45, 7) is 7.05. The molecule has 5 heteroatoms. The molecule has 110 valence electrons. The number of nitrogens with zero attached hydrogens (tertiary/aromatic N) is 1. The standard InChI is InChI=1S/C15H23N3O2/c1-11(2)9-17-15(19)10-18-5-6-20-14-7-12(8-16)3-4-13(14)18/h3-4,7,11H,5-6,8-10,16H2,1-2H3,(H,17,19). The van der Waals surface area contributed by atoms with Gasteiger partial charge in [-0.25, -0.2) is 0 Å². The highest BCUT2D eigenvalue weighted by molar-refractivity contribution is 5.82. The topological polar surface area (TPSA) is 67.6 Å². The van der Waals surface area contributed by atoms with Gasteiger partial charge in [0.25, 0.3) is 0 Å². The van der Waals surface area contributed by atoms with Crippen molar-refractivity contribution in [3.05, 3.63) is 23.8 Å². The van der Waals surface area contributed by atoms with E-state index in [1.165, 1.54) is 0 Å². The molecule has 0 bridgehead atoms. The Morgan fingerprint density at radius 3 is 3.00 bits per heavy atom. The first kappa shape index (κ1) is 14.7. The fourth-order valence-corrected chi connectivity index (χ4v) is 2.16. The summed E-state index contributed by atoms with van der Waals surface area (Å²) in [5.41, 5.74) is 7.64. The van der Waals surface area contributed by atoms with Gasteiger partial charge in [0, 0.05) is 13.1 Å². The lowest BCUT2D eigenvalue weighted by molar-refractivity contribution is -0.119. The van der Waals surface area contributed by atoms with Crippen LogP contribution in [-0.2, 0) is 11.3 Å². The van der Waals surface area contributed by atoms with E-state index in [-0.39, 0.29) is 5.91 Å². The van der Waals surface area contributed by atoms with Gasteiger partial charge in [0.2, 0.25) is 5.91 Å². The first-order valence-corrected chi connectivity index (χ1v) is 7.07. The first-order valence-electron chi connectivity index (χ1n) is 7.07. The highest BCUT2D eigenvalue weighted by Gasteiger charge is 2.20. The summed E-state index contributed by atoms with van der Waals surface area (Å²) in [6.07, 6.45) is 0. The third-order valence-corrected chi connectivity index (χ3v) is 3.26. The van der Waals surface area contributed by atoms with Crippen molar-refractivity contribution in [2.75, 3.05) is 31.1 Å². The molecule has 0 radical (unpaired) electrons. The van der Waals surface area contributed by atoms with E-state index in [2.05, 4.69) is 24.1 Å². The summed E-state index contributed by atoms with van der Waals surface area (Å²) in [5, 5.41) is 2.94. The molecule has 0 unspecified atom stereocenters. The minimum atomic E-state index is 0.0504. The maximum absolute atomic E-state index is 11.9. The summed E-state index contributed by atoms with van der Waals surface area (Å²) in [6, 6.07) is 5.91. The molecule has 0 spiro atoms. The van der Waals surface area contributed by atoms with Crippen molar-refractivity contribution in [2.45, 2.75) is 20.4 Å². The van der Waals surface area contributed by atoms with E-state index in [1.807, 2.05) is 18.2 Å². The molecule has 3 N–H and O–H groups in total. The number of hydrogen-bond donors (Lipinski definition) is 2. The van der Waals surface area contributed by atoms with Crippen LogP contribution in [0.1, 0.15) is 19.4 Å². The molecule has 1 aromatic carbocycles. The molecule has 1 aliphatic heterocycles. The Morgan fingerprint density at radius 2 is 2.30 bits per heavy atom. The van der Waals surface area contributed by atoms with Crippen LogP contribution < -0.4 is 20.7 Å². The zero-order valence-electron chi connectivity index (χ0n) is 12.2. The molecule has 1 amide bonds. The minimum absolute atomic E-state index is 0.0504. The lowest BCUT2D eigenvalue weighted by atomic mass is 10.1. The van der Waals surface area contributed by atoms with E-state index < -0.39 is 0 Å². The lowest BCUT2D eigenvalue weighted by Crippen LogP contribution is -2.42. The smallest absolute Gasteiger partial charge is 0.239 e. The van der Waals surface area contributed by atoms with Crippen molar-refractivity contribution in [1.82, 2.24) is 5.32 Å². The summed E-state index contributed by atoms with van der Waals surface area (Å²) in [5.74, 6) is 1.33. The number of benzene rings is 1. The average molecular weight is 277 g/mol. The fraction of sp³-hybridized carbons (Fsp3) is 0.533. The number of rotatable bonds is 5. The Labute approximate surface area is 120 Å². The van der Waals surface area contributed by atoms with Gasteiger partial charge >= 0.3 is 0 Å². The zero-order valence-corrected chi connectivity index (χ0v) is 12.2. The van der Waals surface area contributed by atoms with Gasteiger partial charge in [-0.3, -0.25) is 4.79 Å². The Morgan fingerprint density at radius 1 is 1.50 bits per heavy atom. The van der Waals surface area contributed by atoms with Crippen LogP contribution in [0.2, 0.25) is 0 Å². The molecule has 0 aliphatic carbocycles. The van der Waals surface area contributed by atoms with Crippen molar-refractivity contribution >= 4 is 11.6 Å². The maximum Gasteiger partial charge on any atom is 0.239 e. The molecule has 1 aromatic rings. The third-order valence-electron chi connectivity index (χ3n) is 3.26. The number of carbonyl (C=O) groups excluding carboxylic acids is 1. The highest BCUT2D eigenvalue weighted by atomic mass is 16.5. The Kier molecular flexibility index (Phi) is 4.84. The molecule has 0 atom stereocenters. The predicted octanol–water partition coefficient (Wildman–Crippen LogP) is 1.12. The van der Waals surface area contributed by atoms with E-state index in [9.17, 15) is 4.79 Å². The van der Waals surface area contributed by atoms with Crippen molar-refractivity contribution < 1.29 is 9.53 Å². The van der Waals surface area contributed by atoms with Crippen molar-refractivity contribution in [3.63, 3.8) is 0 Å². The second-order valence-electron chi connectivity index (χ2n) is 5.47. The van der Waals surface area contributed by atoms with E-state index in [4.69, 9.17) is 10.5 Å². The van der Waals surface area contributed by atoms with E-state index >= 15 is 0 Å². The number of ether oxygens (including phenoxy) is 1. The summed E-state index contributed by atoms with van der Waals surface area (Å²) in [7, 11) is 0. The van der Waals surface area contributed by atoms with E-state index in [1.54, 1.807) is 0 Å². The van der Waals surface area contributed by atoms with Crippen LogP contribution in [0.4, 0.5) is 5.69 Å². The molecule has 0 saturated heterocycles. The molecule has 2 rings (SSSR count). The SMILES string of the molecule is CC(C)CNC(=O)CN1CCOc2cc(CN)ccc21. The van der Waals surface area contributed by atoms with Gasteiger partial charge in [-0.1, -0.05) is 19.9 Å². The van der Waals surface area contributed by atoms with Crippen molar-refractivity contribution in [3.8, 4) is 5.75 Å². The van der Waals surface area contributed by atoms with Crippen LogP contribution in [0.3, 0.4) is 0 Å². The average Bonchev–Trinajstić information content (AvgIpc) is 2.45. The zero-order chi connectivity index (χ0) is 14.5. The van der Waals surface area contributed by atoms with Crippen LogP contribution in [0.15, 0.2) is 18.2 Å². The second kappa shape index (κ2) is 6.61. The number of fused-ring (bicyclic) bond motifs is 1. The van der Waals surface area contributed by atoms with Gasteiger partial charge in [0.05, 0.1) is 18.8 Å². The van der Waals surface area contributed by atoms with Gasteiger partial charge in [-0.05, 0) is 23.6 Å². The number of anilines is 1. The molecule has 5 nitrogen and oxygen atoms in total. The quantitative estimate of drug-likeness (QED) is 0.846. The molecular formula is C15H23N3O2. The third kappa shape index (κ3) is 3.63. The van der Waals surface area contributed by atoms with E-state index in [0.29, 0.717) is 32.2 Å². The summed E-state index contributed by atoms with van der Waals surface area (Å²) >= 11 is 0. The first-order chi connectivity index (χ1) is 9.60. The lowest BCUT2D eigenvalue weighted by Gasteiger charge is -2.31. The Bertz CT molecular complexity index is 474. The van der Waals surface area contributed by atoms with Crippen LogP contribution in [-0.4, -0.2) is 32.1 Å². The minimum Gasteiger partial charge on any atom is -0.490 e. The highest BCUT2D eigenvalue weighted by Crippen LogP contribution is 2.32. The monoisotopic (exact) mass is 277 g/mol. The Hall–Kier alpha value is -1.75.